The fraction of sp³-hybridized carbons (Fsp3) is 0.769. The highest BCUT2D eigenvalue weighted by atomic mass is 16.1. The third-order valence-corrected chi connectivity index (χ3v) is 2.33. The minimum atomic E-state index is 0.727. The molecule has 0 aromatic carbocycles. The number of carbonyl (C=O) groups is 1. The van der Waals surface area contributed by atoms with Crippen LogP contribution in [-0.2, 0) is 4.79 Å². The third-order valence-electron chi connectivity index (χ3n) is 2.33. The molecule has 0 fully saturated rings. The van der Waals surface area contributed by atoms with Crippen LogP contribution in [0.3, 0.4) is 0 Å². The summed E-state index contributed by atoms with van der Waals surface area (Å²) < 4.78 is 0. The van der Waals surface area contributed by atoms with Crippen molar-refractivity contribution < 1.29 is 4.79 Å². The van der Waals surface area contributed by atoms with Gasteiger partial charge in [0.1, 0.15) is 6.29 Å². The topological polar surface area (TPSA) is 17.1 Å². The Morgan fingerprint density at radius 2 is 1.36 bits per heavy atom. The molecule has 0 amide bonds. The van der Waals surface area contributed by atoms with E-state index in [9.17, 15) is 4.79 Å². The van der Waals surface area contributed by atoms with E-state index in [1.165, 1.54) is 32.1 Å². The van der Waals surface area contributed by atoms with Gasteiger partial charge in [0.2, 0.25) is 0 Å². The Balaban J connectivity index is 2.99. The first-order valence-electron chi connectivity index (χ1n) is 6.00. The summed E-state index contributed by atoms with van der Waals surface area (Å²) in [7, 11) is 0. The summed E-state index contributed by atoms with van der Waals surface area (Å²) in [5, 5.41) is 0. The number of unbranched alkanes of at least 4 members (excludes halogenated alkanes) is 7. The van der Waals surface area contributed by atoms with Gasteiger partial charge in [0.15, 0.2) is 0 Å². The number of aldehydes is 1. The maximum Gasteiger partial charge on any atom is 0.119 e. The molecule has 0 unspecified atom stereocenters. The molecule has 0 rings (SSSR count). The molecule has 0 spiro atoms. The van der Waals surface area contributed by atoms with Crippen LogP contribution in [0.15, 0.2) is 12.2 Å². The van der Waals surface area contributed by atoms with Crippen molar-refractivity contribution in [2.75, 3.05) is 0 Å². The zero-order chi connectivity index (χ0) is 10.5. The molecule has 0 aromatic rings. The first kappa shape index (κ1) is 13.4. The van der Waals surface area contributed by atoms with Crippen LogP contribution in [0.5, 0.6) is 0 Å². The SMILES string of the molecule is CCCCCC/C=C/CCCCC=O. The molecule has 0 N–H and O–H groups in total. The molecular formula is C13H24O. The second-order valence-electron chi connectivity index (χ2n) is 3.77. The summed E-state index contributed by atoms with van der Waals surface area (Å²) in [6, 6.07) is 0. The average molecular weight is 196 g/mol. The Morgan fingerprint density at radius 3 is 1.93 bits per heavy atom. The predicted octanol–water partition coefficient (Wildman–Crippen LogP) is 4.27. The van der Waals surface area contributed by atoms with E-state index in [0.29, 0.717) is 0 Å². The molecule has 0 aliphatic rings. The lowest BCUT2D eigenvalue weighted by atomic mass is 10.1. The van der Waals surface area contributed by atoms with Crippen molar-refractivity contribution in [1.29, 1.82) is 0 Å². The van der Waals surface area contributed by atoms with E-state index in [0.717, 1.165) is 32.0 Å². The van der Waals surface area contributed by atoms with Gasteiger partial charge >= 0.3 is 0 Å². The zero-order valence-electron chi connectivity index (χ0n) is 9.50. The summed E-state index contributed by atoms with van der Waals surface area (Å²) in [5.74, 6) is 0. The molecule has 0 radical (unpaired) electrons. The molecule has 14 heavy (non-hydrogen) atoms. The molecule has 0 aromatic heterocycles. The first-order valence-corrected chi connectivity index (χ1v) is 6.00. The largest absolute Gasteiger partial charge is 0.303 e. The molecule has 1 heteroatoms. The molecule has 0 atom stereocenters. The monoisotopic (exact) mass is 196 g/mol. The van der Waals surface area contributed by atoms with Crippen molar-refractivity contribution in [2.24, 2.45) is 0 Å². The van der Waals surface area contributed by atoms with E-state index < -0.39 is 0 Å². The molecule has 0 saturated heterocycles. The summed E-state index contributed by atoms with van der Waals surface area (Å²) in [4.78, 5) is 10.0. The fourth-order valence-electron chi connectivity index (χ4n) is 1.41. The van der Waals surface area contributed by atoms with Crippen LogP contribution in [-0.4, -0.2) is 6.29 Å². The summed E-state index contributed by atoms with van der Waals surface area (Å²) in [5.41, 5.74) is 0. The second kappa shape index (κ2) is 12.4. The average Bonchev–Trinajstić information content (AvgIpc) is 2.21. The Hall–Kier alpha value is -0.590. The summed E-state index contributed by atoms with van der Waals surface area (Å²) in [6.45, 7) is 2.24. The molecule has 0 saturated carbocycles. The molecular weight excluding hydrogens is 172 g/mol. The maximum absolute atomic E-state index is 10.0. The number of allylic oxidation sites excluding steroid dienone is 2. The van der Waals surface area contributed by atoms with Gasteiger partial charge in [-0.3, -0.25) is 0 Å². The molecule has 0 heterocycles. The van der Waals surface area contributed by atoms with Crippen molar-refractivity contribution in [3.05, 3.63) is 12.2 Å². The number of hydrogen-bond acceptors (Lipinski definition) is 1. The minimum absolute atomic E-state index is 0.727. The van der Waals surface area contributed by atoms with Crippen molar-refractivity contribution >= 4 is 6.29 Å². The van der Waals surface area contributed by atoms with Crippen LogP contribution < -0.4 is 0 Å². The number of rotatable bonds is 10. The molecule has 0 aliphatic heterocycles. The van der Waals surface area contributed by atoms with Gasteiger partial charge in [-0.05, 0) is 32.1 Å². The summed E-state index contributed by atoms with van der Waals surface area (Å²) in [6.07, 6.45) is 16.2. The van der Waals surface area contributed by atoms with Gasteiger partial charge in [0, 0.05) is 6.42 Å². The standard InChI is InChI=1S/C13H24O/c1-2-3-4-5-6-7-8-9-10-11-12-13-14/h7-8,13H,2-6,9-12H2,1H3/b8-7+. The number of carbonyl (C=O) groups excluding carboxylic acids is 1. The van der Waals surface area contributed by atoms with Gasteiger partial charge in [-0.2, -0.15) is 0 Å². The lowest BCUT2D eigenvalue weighted by Gasteiger charge is -1.94. The Labute approximate surface area is 88.6 Å². The van der Waals surface area contributed by atoms with Crippen molar-refractivity contribution in [3.63, 3.8) is 0 Å². The first-order chi connectivity index (χ1) is 6.91. The lowest BCUT2D eigenvalue weighted by molar-refractivity contribution is -0.107. The van der Waals surface area contributed by atoms with E-state index in [-0.39, 0.29) is 0 Å². The van der Waals surface area contributed by atoms with Crippen LogP contribution >= 0.6 is 0 Å². The molecule has 82 valence electrons. The van der Waals surface area contributed by atoms with Gasteiger partial charge < -0.3 is 4.79 Å². The van der Waals surface area contributed by atoms with Crippen molar-refractivity contribution in [2.45, 2.75) is 64.7 Å². The van der Waals surface area contributed by atoms with E-state index in [1.807, 2.05) is 0 Å². The molecule has 0 bridgehead atoms. The molecule has 1 nitrogen and oxygen atoms in total. The highest BCUT2D eigenvalue weighted by Gasteiger charge is 1.86. The second-order valence-corrected chi connectivity index (χ2v) is 3.77. The lowest BCUT2D eigenvalue weighted by Crippen LogP contribution is -1.77. The van der Waals surface area contributed by atoms with Crippen LogP contribution in [0.4, 0.5) is 0 Å². The Kier molecular flexibility index (Phi) is 11.9. The van der Waals surface area contributed by atoms with Gasteiger partial charge in [0.05, 0.1) is 0 Å². The van der Waals surface area contributed by atoms with Crippen LogP contribution in [0.2, 0.25) is 0 Å². The maximum atomic E-state index is 10.0. The van der Waals surface area contributed by atoms with Gasteiger partial charge in [-0.15, -0.1) is 0 Å². The highest BCUT2D eigenvalue weighted by Crippen LogP contribution is 2.04. The Bertz CT molecular complexity index is 138. The van der Waals surface area contributed by atoms with Gasteiger partial charge in [0.25, 0.3) is 0 Å². The smallest absolute Gasteiger partial charge is 0.119 e. The highest BCUT2D eigenvalue weighted by molar-refractivity contribution is 5.48. The van der Waals surface area contributed by atoms with Gasteiger partial charge in [-0.1, -0.05) is 38.3 Å². The van der Waals surface area contributed by atoms with Gasteiger partial charge in [-0.25, -0.2) is 0 Å². The third kappa shape index (κ3) is 11.4. The quantitative estimate of drug-likeness (QED) is 0.290. The van der Waals surface area contributed by atoms with Crippen LogP contribution in [0, 0.1) is 0 Å². The van der Waals surface area contributed by atoms with E-state index in [2.05, 4.69) is 19.1 Å². The van der Waals surface area contributed by atoms with Crippen molar-refractivity contribution in [3.8, 4) is 0 Å². The fourth-order valence-corrected chi connectivity index (χ4v) is 1.41. The van der Waals surface area contributed by atoms with E-state index in [1.54, 1.807) is 0 Å². The van der Waals surface area contributed by atoms with Crippen molar-refractivity contribution in [1.82, 2.24) is 0 Å². The Morgan fingerprint density at radius 1 is 0.786 bits per heavy atom. The summed E-state index contributed by atoms with van der Waals surface area (Å²) >= 11 is 0. The normalized spacial score (nSPS) is 10.9. The van der Waals surface area contributed by atoms with Crippen LogP contribution in [0.25, 0.3) is 0 Å². The molecule has 0 aliphatic carbocycles. The zero-order valence-corrected chi connectivity index (χ0v) is 9.50. The minimum Gasteiger partial charge on any atom is -0.303 e. The predicted molar refractivity (Wildman–Crippen MR) is 62.4 cm³/mol. The van der Waals surface area contributed by atoms with Crippen LogP contribution in [0.1, 0.15) is 64.7 Å². The van der Waals surface area contributed by atoms with E-state index in [4.69, 9.17) is 0 Å². The van der Waals surface area contributed by atoms with E-state index >= 15 is 0 Å². The number of hydrogen-bond donors (Lipinski definition) is 0.